The Labute approximate surface area is 181 Å². The number of aliphatic hydroxyl groups is 1. The van der Waals surface area contributed by atoms with E-state index in [4.69, 9.17) is 9.47 Å². The molecule has 31 heavy (non-hydrogen) atoms. The summed E-state index contributed by atoms with van der Waals surface area (Å²) in [5.74, 6) is -0.890. The van der Waals surface area contributed by atoms with Crippen LogP contribution in [-0.4, -0.2) is 54.2 Å². The fourth-order valence-corrected chi connectivity index (χ4v) is 3.90. The lowest BCUT2D eigenvalue weighted by Gasteiger charge is -2.25. The molecule has 2 aromatic rings. The number of phenolic OH excluding ortho intramolecular Hbond substituents is 1. The van der Waals surface area contributed by atoms with Gasteiger partial charge in [0.2, 0.25) is 0 Å². The smallest absolute Gasteiger partial charge is 0.295 e. The van der Waals surface area contributed by atoms with Crippen LogP contribution in [0, 0.1) is 13.8 Å². The molecule has 0 bridgehead atoms. The number of ether oxygens (including phenoxy) is 2. The number of methoxy groups -OCH3 is 2. The number of likely N-dealkylation sites (tertiary alicyclic amines) is 1. The predicted molar refractivity (Wildman–Crippen MR) is 116 cm³/mol. The Morgan fingerprint density at radius 3 is 2.35 bits per heavy atom. The molecule has 7 heteroatoms. The Balaban J connectivity index is 2.17. The minimum Gasteiger partial charge on any atom is -0.508 e. The first-order valence-corrected chi connectivity index (χ1v) is 10.0. The molecule has 2 N–H and O–H groups in total. The minimum atomic E-state index is -0.765. The Bertz CT molecular complexity index is 1030. The molecule has 3 rings (SSSR count). The fourth-order valence-electron chi connectivity index (χ4n) is 3.90. The lowest BCUT2D eigenvalue weighted by atomic mass is 9.93. The molecule has 1 unspecified atom stereocenters. The second kappa shape index (κ2) is 9.22. The molecule has 0 aromatic heterocycles. The summed E-state index contributed by atoms with van der Waals surface area (Å²) in [5, 5.41) is 20.9. The molecule has 164 valence electrons. The van der Waals surface area contributed by atoms with Crippen LogP contribution in [0.25, 0.3) is 5.76 Å². The maximum absolute atomic E-state index is 13.0. The summed E-state index contributed by atoms with van der Waals surface area (Å²) in [6.45, 7) is 4.38. The number of amides is 1. The van der Waals surface area contributed by atoms with E-state index < -0.39 is 17.7 Å². The number of nitrogens with zero attached hydrogens (tertiary/aromatic N) is 1. The highest BCUT2D eigenvalue weighted by atomic mass is 16.5. The van der Waals surface area contributed by atoms with Gasteiger partial charge in [-0.05, 0) is 61.2 Å². The van der Waals surface area contributed by atoms with Gasteiger partial charge in [-0.1, -0.05) is 12.1 Å². The lowest BCUT2D eigenvalue weighted by molar-refractivity contribution is -0.140. The second-order valence-corrected chi connectivity index (χ2v) is 7.57. The van der Waals surface area contributed by atoms with Gasteiger partial charge in [-0.25, -0.2) is 0 Å². The van der Waals surface area contributed by atoms with Crippen LogP contribution in [0.5, 0.6) is 11.5 Å². The van der Waals surface area contributed by atoms with E-state index in [0.29, 0.717) is 36.4 Å². The summed E-state index contributed by atoms with van der Waals surface area (Å²) in [7, 11) is 3.14. The Morgan fingerprint density at radius 1 is 1.06 bits per heavy atom. The number of benzene rings is 2. The van der Waals surface area contributed by atoms with E-state index in [2.05, 4.69) is 0 Å². The molecule has 1 fully saturated rings. The summed E-state index contributed by atoms with van der Waals surface area (Å²) in [4.78, 5) is 27.3. The van der Waals surface area contributed by atoms with Crippen molar-refractivity contribution in [3.8, 4) is 11.5 Å². The van der Waals surface area contributed by atoms with E-state index in [0.717, 1.165) is 11.1 Å². The number of aryl methyl sites for hydroxylation is 2. The van der Waals surface area contributed by atoms with Gasteiger partial charge in [0.15, 0.2) is 0 Å². The summed E-state index contributed by atoms with van der Waals surface area (Å²) >= 11 is 0. The fraction of sp³-hybridized carbons (Fsp3) is 0.333. The Kier molecular flexibility index (Phi) is 6.65. The van der Waals surface area contributed by atoms with E-state index >= 15 is 0 Å². The number of hydrogen-bond acceptors (Lipinski definition) is 6. The van der Waals surface area contributed by atoms with Crippen LogP contribution in [0.15, 0.2) is 42.0 Å². The van der Waals surface area contributed by atoms with Gasteiger partial charge < -0.3 is 24.6 Å². The molecule has 0 spiro atoms. The molecule has 1 saturated heterocycles. The highest BCUT2D eigenvalue weighted by Crippen LogP contribution is 2.41. The highest BCUT2D eigenvalue weighted by Gasteiger charge is 2.45. The summed E-state index contributed by atoms with van der Waals surface area (Å²) in [6, 6.07) is 9.05. The van der Waals surface area contributed by atoms with Crippen molar-refractivity contribution < 1.29 is 29.3 Å². The molecule has 1 aliphatic heterocycles. The van der Waals surface area contributed by atoms with Crippen molar-refractivity contribution in [1.29, 1.82) is 0 Å². The molecule has 1 amide bonds. The van der Waals surface area contributed by atoms with Crippen molar-refractivity contribution in [1.82, 2.24) is 4.90 Å². The minimum absolute atomic E-state index is 0.0285. The van der Waals surface area contributed by atoms with Gasteiger partial charge in [0.25, 0.3) is 11.7 Å². The number of ketones is 1. The molecule has 1 aliphatic rings. The van der Waals surface area contributed by atoms with Gasteiger partial charge in [-0.15, -0.1) is 0 Å². The third kappa shape index (κ3) is 4.27. The van der Waals surface area contributed by atoms with Crippen LogP contribution in [0.4, 0.5) is 0 Å². The maximum atomic E-state index is 13.0. The van der Waals surface area contributed by atoms with Crippen LogP contribution >= 0.6 is 0 Å². The molecule has 1 atom stereocenters. The number of hydrogen-bond donors (Lipinski definition) is 2. The average Bonchev–Trinajstić information content (AvgIpc) is 3.00. The molecule has 7 nitrogen and oxygen atoms in total. The number of rotatable bonds is 7. The van der Waals surface area contributed by atoms with Crippen molar-refractivity contribution >= 4 is 17.4 Å². The first-order chi connectivity index (χ1) is 14.8. The number of carbonyl (C=O) groups is 2. The second-order valence-electron chi connectivity index (χ2n) is 7.57. The number of phenols is 1. The Morgan fingerprint density at radius 2 is 1.74 bits per heavy atom. The highest BCUT2D eigenvalue weighted by molar-refractivity contribution is 6.46. The van der Waals surface area contributed by atoms with E-state index in [1.165, 1.54) is 17.0 Å². The topological polar surface area (TPSA) is 96.3 Å². The molecule has 0 radical (unpaired) electrons. The van der Waals surface area contributed by atoms with Crippen molar-refractivity contribution in [3.63, 3.8) is 0 Å². The normalized spacial score (nSPS) is 17.9. The Hall–Kier alpha value is -3.32. The summed E-state index contributed by atoms with van der Waals surface area (Å²) in [6.07, 6.45) is 0.540. The summed E-state index contributed by atoms with van der Waals surface area (Å²) in [5.41, 5.74) is 2.64. The zero-order valence-electron chi connectivity index (χ0n) is 18.1. The largest absolute Gasteiger partial charge is 0.508 e. The molecule has 0 saturated carbocycles. The molecule has 2 aromatic carbocycles. The molecule has 1 heterocycles. The monoisotopic (exact) mass is 425 g/mol. The number of aliphatic hydroxyl groups excluding tert-OH is 1. The SMILES string of the molecule is COCCCN1C(=O)C(=O)/C(=C(/O)c2cc(C)c(OC)cc2C)C1c1ccc(O)cc1. The first kappa shape index (κ1) is 22.4. The van der Waals surface area contributed by atoms with E-state index in [1.807, 2.05) is 6.92 Å². The van der Waals surface area contributed by atoms with E-state index in [1.54, 1.807) is 45.4 Å². The third-order valence-electron chi connectivity index (χ3n) is 5.49. The van der Waals surface area contributed by atoms with Crippen LogP contribution in [0.2, 0.25) is 0 Å². The third-order valence-corrected chi connectivity index (χ3v) is 5.49. The lowest BCUT2D eigenvalue weighted by Crippen LogP contribution is -2.31. The van der Waals surface area contributed by atoms with Crippen LogP contribution in [0.3, 0.4) is 0 Å². The van der Waals surface area contributed by atoms with Crippen molar-refractivity contribution in [3.05, 3.63) is 64.2 Å². The van der Waals surface area contributed by atoms with Crippen molar-refractivity contribution in [2.24, 2.45) is 0 Å². The predicted octanol–water partition coefficient (Wildman–Crippen LogP) is 3.48. The van der Waals surface area contributed by atoms with Gasteiger partial charge in [0, 0.05) is 25.8 Å². The van der Waals surface area contributed by atoms with E-state index in [-0.39, 0.29) is 17.1 Å². The van der Waals surface area contributed by atoms with Crippen LogP contribution < -0.4 is 4.74 Å². The number of carbonyl (C=O) groups excluding carboxylic acids is 2. The van der Waals surface area contributed by atoms with Crippen LogP contribution in [0.1, 0.15) is 34.7 Å². The average molecular weight is 425 g/mol. The van der Waals surface area contributed by atoms with Gasteiger partial charge in [-0.3, -0.25) is 9.59 Å². The quantitative estimate of drug-likeness (QED) is 0.305. The van der Waals surface area contributed by atoms with E-state index in [9.17, 15) is 19.8 Å². The van der Waals surface area contributed by atoms with Gasteiger partial charge >= 0.3 is 0 Å². The molecular weight excluding hydrogens is 398 g/mol. The van der Waals surface area contributed by atoms with Crippen molar-refractivity contribution in [2.75, 3.05) is 27.4 Å². The maximum Gasteiger partial charge on any atom is 0.295 e. The zero-order valence-corrected chi connectivity index (χ0v) is 18.1. The summed E-state index contributed by atoms with van der Waals surface area (Å²) < 4.78 is 10.4. The standard InChI is InChI=1S/C24H27NO6/c1-14-13-19(31-4)15(2)12-18(14)22(27)20-21(16-6-8-17(26)9-7-16)25(10-5-11-30-3)24(29)23(20)28/h6-9,12-13,21,26-27H,5,10-11H2,1-4H3/b22-20+. The first-order valence-electron chi connectivity index (χ1n) is 10.0. The van der Waals surface area contributed by atoms with Crippen molar-refractivity contribution in [2.45, 2.75) is 26.3 Å². The van der Waals surface area contributed by atoms with Gasteiger partial charge in [0.1, 0.15) is 17.3 Å². The van der Waals surface area contributed by atoms with Gasteiger partial charge in [-0.2, -0.15) is 0 Å². The molecule has 0 aliphatic carbocycles. The zero-order chi connectivity index (χ0) is 22.7. The number of Topliss-reactive ketones (excluding diaryl/α,β-unsaturated/α-hetero) is 1. The van der Waals surface area contributed by atoms with Crippen LogP contribution in [-0.2, 0) is 14.3 Å². The molecular formula is C24H27NO6. The number of aromatic hydroxyl groups is 1. The van der Waals surface area contributed by atoms with Gasteiger partial charge in [0.05, 0.1) is 18.7 Å².